The largest absolute Gasteiger partial charge is 0.462 e. The number of rotatable bonds is 3. The number of H-pyrrole nitrogens is 1. The van der Waals surface area contributed by atoms with E-state index in [4.69, 9.17) is 15.7 Å². The Labute approximate surface area is 117 Å². The fourth-order valence-electron chi connectivity index (χ4n) is 1.98. The SMILES string of the molecule is CCOC(=O)c1c(-c2ccc(C)cc2)[nH]c(N)c1C#N. The highest BCUT2D eigenvalue weighted by Crippen LogP contribution is 2.30. The molecule has 1 aromatic heterocycles. The number of anilines is 1. The van der Waals surface area contributed by atoms with Crippen LogP contribution in [-0.4, -0.2) is 17.6 Å². The predicted molar refractivity (Wildman–Crippen MR) is 76.0 cm³/mol. The molecule has 0 spiro atoms. The Bertz CT molecular complexity index is 678. The van der Waals surface area contributed by atoms with Crippen molar-refractivity contribution < 1.29 is 9.53 Å². The van der Waals surface area contributed by atoms with Crippen LogP contribution >= 0.6 is 0 Å². The minimum absolute atomic E-state index is 0.124. The number of aromatic nitrogens is 1. The molecule has 3 N–H and O–H groups in total. The van der Waals surface area contributed by atoms with Gasteiger partial charge in [0, 0.05) is 0 Å². The van der Waals surface area contributed by atoms with Gasteiger partial charge in [0.25, 0.3) is 0 Å². The second-order valence-corrected chi connectivity index (χ2v) is 4.36. The number of ether oxygens (including phenoxy) is 1. The molecule has 0 unspecified atom stereocenters. The first-order chi connectivity index (χ1) is 9.58. The highest BCUT2D eigenvalue weighted by molar-refractivity contribution is 6.01. The first-order valence-electron chi connectivity index (χ1n) is 6.24. The van der Waals surface area contributed by atoms with Crippen molar-refractivity contribution in [3.63, 3.8) is 0 Å². The van der Waals surface area contributed by atoms with Crippen LogP contribution < -0.4 is 5.73 Å². The minimum atomic E-state index is -0.549. The van der Waals surface area contributed by atoms with Gasteiger partial charge >= 0.3 is 5.97 Å². The third kappa shape index (κ3) is 2.36. The quantitative estimate of drug-likeness (QED) is 0.838. The molecule has 2 aromatic rings. The van der Waals surface area contributed by atoms with Gasteiger partial charge < -0.3 is 15.5 Å². The Balaban J connectivity index is 2.61. The molecule has 0 aliphatic carbocycles. The minimum Gasteiger partial charge on any atom is -0.462 e. The molecule has 0 radical (unpaired) electrons. The lowest BCUT2D eigenvalue weighted by molar-refractivity contribution is 0.0527. The summed E-state index contributed by atoms with van der Waals surface area (Å²) in [6, 6.07) is 9.53. The van der Waals surface area contributed by atoms with Crippen LogP contribution in [0, 0.1) is 18.3 Å². The summed E-state index contributed by atoms with van der Waals surface area (Å²) in [4.78, 5) is 14.9. The Hall–Kier alpha value is -2.74. The highest BCUT2D eigenvalue weighted by Gasteiger charge is 2.24. The van der Waals surface area contributed by atoms with Crippen LogP contribution in [0.15, 0.2) is 24.3 Å². The lowest BCUT2D eigenvalue weighted by Gasteiger charge is -2.05. The second kappa shape index (κ2) is 5.49. The van der Waals surface area contributed by atoms with Gasteiger partial charge in [-0.25, -0.2) is 4.79 Å². The number of nitrogens with zero attached hydrogens (tertiary/aromatic N) is 1. The average molecular weight is 269 g/mol. The molecule has 0 bridgehead atoms. The van der Waals surface area contributed by atoms with E-state index in [0.29, 0.717) is 5.69 Å². The zero-order valence-corrected chi connectivity index (χ0v) is 11.4. The van der Waals surface area contributed by atoms with Crippen molar-refractivity contribution in [1.82, 2.24) is 4.98 Å². The summed E-state index contributed by atoms with van der Waals surface area (Å²) < 4.78 is 5.00. The maximum atomic E-state index is 12.0. The molecule has 0 aliphatic heterocycles. The van der Waals surface area contributed by atoms with Crippen LogP contribution in [0.1, 0.15) is 28.4 Å². The summed E-state index contributed by atoms with van der Waals surface area (Å²) in [5, 5.41) is 9.16. The predicted octanol–water partition coefficient (Wildman–Crippen LogP) is 2.62. The second-order valence-electron chi connectivity index (χ2n) is 4.36. The molecule has 5 nitrogen and oxygen atoms in total. The zero-order valence-electron chi connectivity index (χ0n) is 11.4. The van der Waals surface area contributed by atoms with E-state index < -0.39 is 5.97 Å². The number of benzene rings is 1. The van der Waals surface area contributed by atoms with Gasteiger partial charge in [-0.05, 0) is 19.4 Å². The van der Waals surface area contributed by atoms with E-state index in [2.05, 4.69) is 4.98 Å². The van der Waals surface area contributed by atoms with Crippen molar-refractivity contribution >= 4 is 11.8 Å². The van der Waals surface area contributed by atoms with Crippen molar-refractivity contribution in [2.45, 2.75) is 13.8 Å². The molecule has 0 atom stereocenters. The summed E-state index contributed by atoms with van der Waals surface area (Å²) in [6.07, 6.45) is 0. The van der Waals surface area contributed by atoms with Gasteiger partial charge in [0.15, 0.2) is 0 Å². The molecule has 102 valence electrons. The third-order valence-corrected chi connectivity index (χ3v) is 2.96. The topological polar surface area (TPSA) is 91.9 Å². The summed E-state index contributed by atoms with van der Waals surface area (Å²) in [7, 11) is 0. The lowest BCUT2D eigenvalue weighted by Crippen LogP contribution is -2.07. The van der Waals surface area contributed by atoms with Crippen LogP contribution in [0.4, 0.5) is 5.82 Å². The third-order valence-electron chi connectivity index (χ3n) is 2.96. The maximum Gasteiger partial charge on any atom is 0.341 e. The van der Waals surface area contributed by atoms with E-state index in [1.165, 1.54) is 0 Å². The fourth-order valence-corrected chi connectivity index (χ4v) is 1.98. The molecule has 0 fully saturated rings. The number of carbonyl (C=O) groups excluding carboxylic acids is 1. The Morgan fingerprint density at radius 3 is 2.60 bits per heavy atom. The normalized spacial score (nSPS) is 10.1. The maximum absolute atomic E-state index is 12.0. The van der Waals surface area contributed by atoms with Gasteiger partial charge in [-0.15, -0.1) is 0 Å². The van der Waals surface area contributed by atoms with E-state index in [1.807, 2.05) is 37.3 Å². The van der Waals surface area contributed by atoms with E-state index in [1.54, 1.807) is 6.92 Å². The monoisotopic (exact) mass is 269 g/mol. The van der Waals surface area contributed by atoms with Gasteiger partial charge in [-0.1, -0.05) is 29.8 Å². The number of aryl methyl sites for hydroxylation is 1. The molecule has 0 saturated heterocycles. The molecular formula is C15H15N3O2. The fraction of sp³-hybridized carbons (Fsp3) is 0.200. The van der Waals surface area contributed by atoms with Crippen molar-refractivity contribution in [1.29, 1.82) is 5.26 Å². The molecule has 1 aromatic carbocycles. The first kappa shape index (κ1) is 13.7. The Kier molecular flexibility index (Phi) is 3.76. The van der Waals surface area contributed by atoms with Gasteiger partial charge in [0.2, 0.25) is 0 Å². The average Bonchev–Trinajstić information content (AvgIpc) is 2.76. The highest BCUT2D eigenvalue weighted by atomic mass is 16.5. The smallest absolute Gasteiger partial charge is 0.341 e. The zero-order chi connectivity index (χ0) is 14.7. The van der Waals surface area contributed by atoms with E-state index >= 15 is 0 Å². The van der Waals surface area contributed by atoms with Gasteiger partial charge in [-0.3, -0.25) is 0 Å². The summed E-state index contributed by atoms with van der Waals surface area (Å²) in [5.74, 6) is -0.376. The number of nitrogen functional groups attached to an aromatic ring is 1. The van der Waals surface area contributed by atoms with Crippen molar-refractivity contribution in [3.8, 4) is 17.3 Å². The molecule has 1 heterocycles. The van der Waals surface area contributed by atoms with E-state index in [9.17, 15) is 4.79 Å². The molecule has 20 heavy (non-hydrogen) atoms. The van der Waals surface area contributed by atoms with Gasteiger partial charge in [0.1, 0.15) is 23.0 Å². The number of hydrogen-bond donors (Lipinski definition) is 2. The number of nitrogens with one attached hydrogen (secondary N) is 1. The van der Waals surface area contributed by atoms with E-state index in [-0.39, 0.29) is 23.6 Å². The molecular weight excluding hydrogens is 254 g/mol. The van der Waals surface area contributed by atoms with Crippen LogP contribution in [0.3, 0.4) is 0 Å². The first-order valence-corrected chi connectivity index (χ1v) is 6.24. The van der Waals surface area contributed by atoms with E-state index in [0.717, 1.165) is 11.1 Å². The number of carbonyl (C=O) groups is 1. The summed E-state index contributed by atoms with van der Waals surface area (Å²) in [5.41, 5.74) is 8.48. The number of aromatic amines is 1. The Morgan fingerprint density at radius 2 is 2.05 bits per heavy atom. The van der Waals surface area contributed by atoms with Crippen LogP contribution in [-0.2, 0) is 4.74 Å². The van der Waals surface area contributed by atoms with Crippen molar-refractivity contribution in [2.24, 2.45) is 0 Å². The number of esters is 1. The summed E-state index contributed by atoms with van der Waals surface area (Å²) in [6.45, 7) is 3.92. The Morgan fingerprint density at radius 1 is 1.40 bits per heavy atom. The molecule has 2 rings (SSSR count). The number of nitrogens with two attached hydrogens (primary N) is 1. The van der Waals surface area contributed by atoms with Crippen molar-refractivity contribution in [2.75, 3.05) is 12.3 Å². The van der Waals surface area contributed by atoms with Gasteiger partial charge in [0.05, 0.1) is 12.3 Å². The number of nitriles is 1. The standard InChI is InChI=1S/C15H15N3O2/c1-3-20-15(19)12-11(8-16)14(17)18-13(12)10-6-4-9(2)5-7-10/h4-7,18H,3,17H2,1-2H3. The molecule has 0 saturated carbocycles. The van der Waals surface area contributed by atoms with Gasteiger partial charge in [-0.2, -0.15) is 5.26 Å². The molecule has 0 aliphatic rings. The number of hydrogen-bond acceptors (Lipinski definition) is 4. The molecule has 5 heteroatoms. The van der Waals surface area contributed by atoms with Crippen LogP contribution in [0.5, 0.6) is 0 Å². The van der Waals surface area contributed by atoms with Crippen molar-refractivity contribution in [3.05, 3.63) is 41.0 Å². The van der Waals surface area contributed by atoms with Crippen LogP contribution in [0.2, 0.25) is 0 Å². The lowest BCUT2D eigenvalue weighted by atomic mass is 10.0. The molecule has 0 amide bonds. The summed E-state index contributed by atoms with van der Waals surface area (Å²) >= 11 is 0. The van der Waals surface area contributed by atoms with Crippen LogP contribution in [0.25, 0.3) is 11.3 Å².